The summed E-state index contributed by atoms with van der Waals surface area (Å²) in [5.74, 6) is 0. The van der Waals surface area contributed by atoms with Crippen LogP contribution in [0.2, 0.25) is 0 Å². The third-order valence-electron chi connectivity index (χ3n) is 3.57. The van der Waals surface area contributed by atoms with Crippen molar-refractivity contribution in [2.75, 3.05) is 6.54 Å². The van der Waals surface area contributed by atoms with Crippen molar-refractivity contribution in [1.82, 2.24) is 14.9 Å². The van der Waals surface area contributed by atoms with Gasteiger partial charge in [0, 0.05) is 16.2 Å². The predicted octanol–water partition coefficient (Wildman–Crippen LogP) is 4.08. The van der Waals surface area contributed by atoms with Crippen LogP contribution in [0.4, 0.5) is 13.2 Å². The third-order valence-corrected chi connectivity index (χ3v) is 4.03. The summed E-state index contributed by atoms with van der Waals surface area (Å²) in [6.45, 7) is 0.919. The SMILES string of the molecule is FC(F)(F)c1cc(Br)cc(-n2cncc2[C@@H]2CCCN2)c1. The number of aromatic nitrogens is 2. The van der Waals surface area contributed by atoms with Gasteiger partial charge in [0.05, 0.1) is 23.8 Å². The molecule has 7 heteroatoms. The summed E-state index contributed by atoms with van der Waals surface area (Å²) in [4.78, 5) is 4.09. The van der Waals surface area contributed by atoms with Gasteiger partial charge < -0.3 is 9.88 Å². The summed E-state index contributed by atoms with van der Waals surface area (Å²) in [5, 5.41) is 3.33. The van der Waals surface area contributed by atoms with E-state index in [-0.39, 0.29) is 6.04 Å². The fraction of sp³-hybridized carbons (Fsp3) is 0.357. The van der Waals surface area contributed by atoms with E-state index in [0.29, 0.717) is 10.2 Å². The second-order valence-corrected chi connectivity index (χ2v) is 5.95. The number of hydrogen-bond donors (Lipinski definition) is 1. The molecule has 3 rings (SSSR count). The largest absolute Gasteiger partial charge is 0.416 e. The standard InChI is InChI=1S/C14H13BrF3N3/c15-10-4-9(14(16,17)18)5-11(6-10)21-8-19-7-13(21)12-2-1-3-20-12/h4-8,12,20H,1-3H2/t12-/m0/s1. The average molecular weight is 360 g/mol. The van der Waals surface area contributed by atoms with Gasteiger partial charge >= 0.3 is 6.18 Å². The van der Waals surface area contributed by atoms with Gasteiger partial charge in [0.1, 0.15) is 0 Å². The quantitative estimate of drug-likeness (QED) is 0.875. The number of imidazole rings is 1. The minimum atomic E-state index is -4.37. The zero-order valence-electron chi connectivity index (χ0n) is 11.0. The fourth-order valence-electron chi connectivity index (χ4n) is 2.59. The molecule has 1 atom stereocenters. The van der Waals surface area contributed by atoms with Crippen LogP contribution in [0, 0.1) is 0 Å². The number of hydrogen-bond acceptors (Lipinski definition) is 2. The van der Waals surface area contributed by atoms with E-state index in [1.165, 1.54) is 0 Å². The van der Waals surface area contributed by atoms with Crippen molar-refractivity contribution < 1.29 is 13.2 Å². The van der Waals surface area contributed by atoms with Gasteiger partial charge in [-0.05, 0) is 37.6 Å². The Morgan fingerprint density at radius 3 is 2.76 bits per heavy atom. The van der Waals surface area contributed by atoms with E-state index in [0.717, 1.165) is 37.2 Å². The van der Waals surface area contributed by atoms with E-state index >= 15 is 0 Å². The first-order valence-electron chi connectivity index (χ1n) is 6.59. The van der Waals surface area contributed by atoms with Gasteiger partial charge in [-0.2, -0.15) is 13.2 Å². The molecule has 1 N–H and O–H groups in total. The van der Waals surface area contributed by atoms with Gasteiger partial charge in [-0.25, -0.2) is 4.98 Å². The van der Waals surface area contributed by atoms with Gasteiger partial charge in [0.15, 0.2) is 0 Å². The summed E-state index contributed by atoms with van der Waals surface area (Å²) in [5.41, 5.74) is 0.669. The van der Waals surface area contributed by atoms with Crippen LogP contribution in [0.15, 0.2) is 35.2 Å². The van der Waals surface area contributed by atoms with Crippen molar-refractivity contribution in [2.24, 2.45) is 0 Å². The smallest absolute Gasteiger partial charge is 0.309 e. The number of nitrogens with one attached hydrogen (secondary N) is 1. The number of halogens is 4. The molecule has 1 aliphatic rings. The second-order valence-electron chi connectivity index (χ2n) is 5.03. The number of rotatable bonds is 2. The highest BCUT2D eigenvalue weighted by Gasteiger charge is 2.31. The lowest BCUT2D eigenvalue weighted by Gasteiger charge is -2.16. The van der Waals surface area contributed by atoms with E-state index in [1.807, 2.05) is 0 Å². The Kier molecular flexibility index (Phi) is 3.79. The Labute approximate surface area is 128 Å². The minimum Gasteiger partial charge on any atom is -0.309 e. The highest BCUT2D eigenvalue weighted by Crippen LogP contribution is 2.34. The van der Waals surface area contributed by atoms with Crippen molar-refractivity contribution >= 4 is 15.9 Å². The van der Waals surface area contributed by atoms with Crippen LogP contribution in [-0.2, 0) is 6.18 Å². The Morgan fingerprint density at radius 2 is 2.10 bits per heavy atom. The molecule has 0 unspecified atom stereocenters. The van der Waals surface area contributed by atoms with E-state index in [4.69, 9.17) is 0 Å². The van der Waals surface area contributed by atoms with Crippen LogP contribution in [0.25, 0.3) is 5.69 Å². The van der Waals surface area contributed by atoms with Crippen molar-refractivity contribution in [3.05, 3.63) is 46.5 Å². The number of benzene rings is 1. The average Bonchev–Trinajstić information content (AvgIpc) is 3.07. The lowest BCUT2D eigenvalue weighted by atomic mass is 10.1. The molecular formula is C14H13BrF3N3. The van der Waals surface area contributed by atoms with Crippen LogP contribution in [0.1, 0.15) is 30.1 Å². The fourth-order valence-corrected chi connectivity index (χ4v) is 3.07. The normalized spacial score (nSPS) is 19.1. The first kappa shape index (κ1) is 14.6. The second kappa shape index (κ2) is 5.46. The molecule has 2 aromatic rings. The molecule has 3 nitrogen and oxygen atoms in total. The van der Waals surface area contributed by atoms with E-state index in [9.17, 15) is 13.2 Å². The summed E-state index contributed by atoms with van der Waals surface area (Å²) >= 11 is 3.15. The molecule has 1 saturated heterocycles. The van der Waals surface area contributed by atoms with Crippen LogP contribution < -0.4 is 5.32 Å². The molecule has 0 amide bonds. The lowest BCUT2D eigenvalue weighted by molar-refractivity contribution is -0.137. The first-order chi connectivity index (χ1) is 9.95. The highest BCUT2D eigenvalue weighted by molar-refractivity contribution is 9.10. The summed E-state index contributed by atoms with van der Waals surface area (Å²) < 4.78 is 40.9. The van der Waals surface area contributed by atoms with Crippen LogP contribution in [0.3, 0.4) is 0 Å². The zero-order chi connectivity index (χ0) is 15.0. The van der Waals surface area contributed by atoms with Gasteiger partial charge in [-0.1, -0.05) is 15.9 Å². The van der Waals surface area contributed by atoms with Crippen LogP contribution in [-0.4, -0.2) is 16.1 Å². The van der Waals surface area contributed by atoms with Gasteiger partial charge in [-0.15, -0.1) is 0 Å². The molecule has 1 aliphatic heterocycles. The molecule has 1 fully saturated rings. The van der Waals surface area contributed by atoms with Crippen molar-refractivity contribution in [3.63, 3.8) is 0 Å². The molecule has 112 valence electrons. The third kappa shape index (κ3) is 2.98. The molecule has 0 bridgehead atoms. The molecule has 21 heavy (non-hydrogen) atoms. The molecule has 0 radical (unpaired) electrons. The van der Waals surface area contributed by atoms with E-state index < -0.39 is 11.7 Å². The van der Waals surface area contributed by atoms with E-state index in [1.54, 1.807) is 23.2 Å². The molecule has 0 saturated carbocycles. The number of alkyl halides is 3. The zero-order valence-corrected chi connectivity index (χ0v) is 12.6. The minimum absolute atomic E-state index is 0.140. The first-order valence-corrected chi connectivity index (χ1v) is 7.38. The highest BCUT2D eigenvalue weighted by atomic mass is 79.9. The van der Waals surface area contributed by atoms with Gasteiger partial charge in [0.25, 0.3) is 0 Å². The molecule has 0 aliphatic carbocycles. The molecule has 2 heterocycles. The topological polar surface area (TPSA) is 29.9 Å². The van der Waals surface area contributed by atoms with Crippen molar-refractivity contribution in [2.45, 2.75) is 25.1 Å². The van der Waals surface area contributed by atoms with Crippen LogP contribution in [0.5, 0.6) is 0 Å². The Morgan fingerprint density at radius 1 is 1.29 bits per heavy atom. The predicted molar refractivity (Wildman–Crippen MR) is 76.2 cm³/mol. The van der Waals surface area contributed by atoms with Gasteiger partial charge in [0.2, 0.25) is 0 Å². The Balaban J connectivity index is 2.05. The Bertz CT molecular complexity index is 645. The van der Waals surface area contributed by atoms with Crippen molar-refractivity contribution in [3.8, 4) is 5.69 Å². The van der Waals surface area contributed by atoms with E-state index in [2.05, 4.69) is 26.2 Å². The van der Waals surface area contributed by atoms with Crippen LogP contribution >= 0.6 is 15.9 Å². The molecular weight excluding hydrogens is 347 g/mol. The molecule has 1 aromatic heterocycles. The summed E-state index contributed by atoms with van der Waals surface area (Å²) in [6.07, 6.45) is 0.910. The maximum atomic E-state index is 12.9. The van der Waals surface area contributed by atoms with Crippen molar-refractivity contribution in [1.29, 1.82) is 0 Å². The van der Waals surface area contributed by atoms with Gasteiger partial charge in [-0.3, -0.25) is 0 Å². The monoisotopic (exact) mass is 359 g/mol. The summed E-state index contributed by atoms with van der Waals surface area (Å²) in [6, 6.07) is 4.02. The maximum absolute atomic E-state index is 12.9. The number of nitrogens with zero attached hydrogens (tertiary/aromatic N) is 2. The molecule has 0 spiro atoms. The summed E-state index contributed by atoms with van der Waals surface area (Å²) in [7, 11) is 0. The maximum Gasteiger partial charge on any atom is 0.416 e. The molecule has 1 aromatic carbocycles. The lowest BCUT2D eigenvalue weighted by Crippen LogP contribution is -2.16. The Hall–Kier alpha value is -1.34.